The van der Waals surface area contributed by atoms with Crippen molar-refractivity contribution in [3.05, 3.63) is 24.0 Å². The number of pyridine rings is 1. The van der Waals surface area contributed by atoms with E-state index in [0.717, 1.165) is 5.69 Å². The van der Waals surface area contributed by atoms with Gasteiger partial charge in [-0.3, -0.25) is 9.78 Å². The van der Waals surface area contributed by atoms with Crippen LogP contribution < -0.4 is 10.2 Å². The number of amides is 1. The summed E-state index contributed by atoms with van der Waals surface area (Å²) in [5.41, 5.74) is 1.61. The lowest BCUT2D eigenvalue weighted by molar-refractivity contribution is -0.123. The molecule has 0 saturated heterocycles. The van der Waals surface area contributed by atoms with E-state index in [1.54, 1.807) is 13.2 Å². The number of aliphatic hydroxyl groups excluding tert-OH is 1. The topological polar surface area (TPSA) is 65.5 Å². The van der Waals surface area contributed by atoms with E-state index in [1.807, 2.05) is 37.9 Å². The average molecular weight is 265 g/mol. The number of rotatable bonds is 6. The van der Waals surface area contributed by atoms with Crippen LogP contribution in [0.5, 0.6) is 0 Å². The van der Waals surface area contributed by atoms with E-state index in [9.17, 15) is 9.90 Å². The number of hydrogen-bond donors (Lipinski definition) is 2. The molecule has 1 aromatic rings. The fourth-order valence-electron chi connectivity index (χ4n) is 1.88. The lowest BCUT2D eigenvalue weighted by Gasteiger charge is -2.22. The molecule has 0 fully saturated rings. The standard InChI is InChI=1S/C14H23N3O2/c1-5-13(18)12-7-6-11(8-16-12)17(4)9-10(2)14(19)15-3/h6-8,10,13,18H,5,9H2,1-4H3,(H,15,19)/t10?,13-/m0/s1. The molecule has 1 heterocycles. The Balaban J connectivity index is 2.67. The first kappa shape index (κ1) is 15.4. The molecule has 2 N–H and O–H groups in total. The summed E-state index contributed by atoms with van der Waals surface area (Å²) in [6.07, 6.45) is 1.87. The summed E-state index contributed by atoms with van der Waals surface area (Å²) in [4.78, 5) is 17.7. The van der Waals surface area contributed by atoms with Gasteiger partial charge in [0.2, 0.25) is 5.91 Å². The molecule has 1 aromatic heterocycles. The molecule has 5 heteroatoms. The number of aliphatic hydroxyl groups is 1. The molecule has 0 aliphatic carbocycles. The molecule has 0 aliphatic rings. The summed E-state index contributed by atoms with van der Waals surface area (Å²) in [5, 5.41) is 12.3. The number of anilines is 1. The molecular weight excluding hydrogens is 242 g/mol. The largest absolute Gasteiger partial charge is 0.387 e. The van der Waals surface area contributed by atoms with E-state index < -0.39 is 6.10 Å². The number of hydrogen-bond acceptors (Lipinski definition) is 4. The van der Waals surface area contributed by atoms with Gasteiger partial charge in [0.15, 0.2) is 0 Å². The van der Waals surface area contributed by atoms with Gasteiger partial charge in [0.1, 0.15) is 0 Å². The smallest absolute Gasteiger partial charge is 0.224 e. The van der Waals surface area contributed by atoms with Crippen molar-refractivity contribution in [1.82, 2.24) is 10.3 Å². The third-order valence-electron chi connectivity index (χ3n) is 3.18. The second-order valence-electron chi connectivity index (χ2n) is 4.76. The van der Waals surface area contributed by atoms with Crippen molar-refractivity contribution in [3.8, 4) is 0 Å². The van der Waals surface area contributed by atoms with Crippen LogP contribution in [0.2, 0.25) is 0 Å². The Bertz CT molecular complexity index is 406. The molecule has 0 spiro atoms. The van der Waals surface area contributed by atoms with Crippen LogP contribution in [0.1, 0.15) is 32.1 Å². The minimum Gasteiger partial charge on any atom is -0.387 e. The molecule has 1 rings (SSSR count). The molecule has 0 bridgehead atoms. The molecule has 19 heavy (non-hydrogen) atoms. The Labute approximate surface area is 114 Å². The van der Waals surface area contributed by atoms with Gasteiger partial charge in [-0.15, -0.1) is 0 Å². The van der Waals surface area contributed by atoms with E-state index in [4.69, 9.17) is 0 Å². The highest BCUT2D eigenvalue weighted by molar-refractivity contribution is 5.78. The maximum atomic E-state index is 11.5. The summed E-state index contributed by atoms with van der Waals surface area (Å²) in [6, 6.07) is 3.74. The highest BCUT2D eigenvalue weighted by Crippen LogP contribution is 2.18. The Morgan fingerprint density at radius 3 is 2.68 bits per heavy atom. The van der Waals surface area contributed by atoms with Crippen molar-refractivity contribution < 1.29 is 9.90 Å². The quantitative estimate of drug-likeness (QED) is 0.814. The molecule has 5 nitrogen and oxygen atoms in total. The zero-order chi connectivity index (χ0) is 14.4. The van der Waals surface area contributed by atoms with Crippen LogP contribution in [0, 0.1) is 5.92 Å². The predicted octanol–water partition coefficient (Wildman–Crippen LogP) is 1.34. The van der Waals surface area contributed by atoms with E-state index >= 15 is 0 Å². The van der Waals surface area contributed by atoms with E-state index in [1.165, 1.54) is 0 Å². The van der Waals surface area contributed by atoms with Gasteiger partial charge in [-0.25, -0.2) is 0 Å². The Morgan fingerprint density at radius 2 is 2.21 bits per heavy atom. The van der Waals surface area contributed by atoms with Crippen molar-refractivity contribution in [2.45, 2.75) is 26.4 Å². The minimum absolute atomic E-state index is 0.0258. The number of nitrogens with one attached hydrogen (secondary N) is 1. The van der Waals surface area contributed by atoms with Crippen molar-refractivity contribution in [3.63, 3.8) is 0 Å². The number of carbonyl (C=O) groups is 1. The molecular formula is C14H23N3O2. The van der Waals surface area contributed by atoms with Crippen molar-refractivity contribution in [1.29, 1.82) is 0 Å². The zero-order valence-corrected chi connectivity index (χ0v) is 12.1. The maximum Gasteiger partial charge on any atom is 0.224 e. The SMILES string of the molecule is CC[C@H](O)c1ccc(N(C)CC(C)C(=O)NC)cn1. The number of carbonyl (C=O) groups excluding carboxylic acids is 1. The Kier molecular flexibility index (Phi) is 5.76. The average Bonchev–Trinajstić information content (AvgIpc) is 2.45. The fraction of sp³-hybridized carbons (Fsp3) is 0.571. The zero-order valence-electron chi connectivity index (χ0n) is 12.1. The van der Waals surface area contributed by atoms with Crippen molar-refractivity contribution >= 4 is 11.6 Å². The second-order valence-corrected chi connectivity index (χ2v) is 4.76. The minimum atomic E-state index is -0.510. The van der Waals surface area contributed by atoms with Crippen LogP contribution in [0.25, 0.3) is 0 Å². The third kappa shape index (κ3) is 4.21. The van der Waals surface area contributed by atoms with Gasteiger partial charge in [0.25, 0.3) is 0 Å². The summed E-state index contributed by atoms with van der Waals surface area (Å²) >= 11 is 0. The van der Waals surface area contributed by atoms with Gasteiger partial charge >= 0.3 is 0 Å². The van der Waals surface area contributed by atoms with Crippen molar-refractivity contribution in [2.75, 3.05) is 25.5 Å². The van der Waals surface area contributed by atoms with Crippen LogP contribution in [-0.4, -0.2) is 36.6 Å². The van der Waals surface area contributed by atoms with E-state index in [0.29, 0.717) is 18.7 Å². The normalized spacial score (nSPS) is 13.7. The van der Waals surface area contributed by atoms with Crippen LogP contribution in [-0.2, 0) is 4.79 Å². The summed E-state index contributed by atoms with van der Waals surface area (Å²) in [7, 11) is 3.56. The van der Waals surface area contributed by atoms with Crippen molar-refractivity contribution in [2.24, 2.45) is 5.92 Å². The summed E-state index contributed by atoms with van der Waals surface area (Å²) in [6.45, 7) is 4.42. The van der Waals surface area contributed by atoms with Gasteiger partial charge in [0, 0.05) is 20.6 Å². The van der Waals surface area contributed by atoms with E-state index in [-0.39, 0.29) is 11.8 Å². The van der Waals surface area contributed by atoms with Gasteiger partial charge in [-0.2, -0.15) is 0 Å². The first-order chi connectivity index (χ1) is 8.99. The molecule has 0 aromatic carbocycles. The molecule has 0 aliphatic heterocycles. The fourth-order valence-corrected chi connectivity index (χ4v) is 1.88. The predicted molar refractivity (Wildman–Crippen MR) is 76.0 cm³/mol. The third-order valence-corrected chi connectivity index (χ3v) is 3.18. The molecule has 0 radical (unpaired) electrons. The molecule has 0 saturated carbocycles. The molecule has 2 atom stereocenters. The lowest BCUT2D eigenvalue weighted by atomic mass is 10.1. The Morgan fingerprint density at radius 1 is 1.53 bits per heavy atom. The second kappa shape index (κ2) is 7.09. The van der Waals surface area contributed by atoms with Crippen LogP contribution in [0.15, 0.2) is 18.3 Å². The number of aromatic nitrogens is 1. The molecule has 1 unspecified atom stereocenters. The number of nitrogens with zero attached hydrogens (tertiary/aromatic N) is 2. The van der Waals surface area contributed by atoms with Crippen LogP contribution in [0.3, 0.4) is 0 Å². The first-order valence-electron chi connectivity index (χ1n) is 6.56. The van der Waals surface area contributed by atoms with E-state index in [2.05, 4.69) is 10.3 Å². The lowest BCUT2D eigenvalue weighted by Crippen LogP contribution is -2.34. The molecule has 1 amide bonds. The Hall–Kier alpha value is -1.62. The maximum absolute atomic E-state index is 11.5. The first-order valence-corrected chi connectivity index (χ1v) is 6.56. The van der Waals surface area contributed by atoms with Gasteiger partial charge in [0.05, 0.1) is 29.6 Å². The van der Waals surface area contributed by atoms with Gasteiger partial charge < -0.3 is 15.3 Å². The summed E-state index contributed by atoms with van der Waals surface area (Å²) < 4.78 is 0. The van der Waals surface area contributed by atoms with Gasteiger partial charge in [-0.1, -0.05) is 13.8 Å². The van der Waals surface area contributed by atoms with Crippen LogP contribution >= 0.6 is 0 Å². The molecule has 106 valence electrons. The monoisotopic (exact) mass is 265 g/mol. The highest BCUT2D eigenvalue weighted by atomic mass is 16.3. The van der Waals surface area contributed by atoms with Gasteiger partial charge in [-0.05, 0) is 18.6 Å². The highest BCUT2D eigenvalue weighted by Gasteiger charge is 2.14. The van der Waals surface area contributed by atoms with Crippen LogP contribution in [0.4, 0.5) is 5.69 Å². The summed E-state index contributed by atoms with van der Waals surface area (Å²) in [5.74, 6) is -0.0613.